The van der Waals surface area contributed by atoms with Crippen LogP contribution in [0.2, 0.25) is 0 Å². The molecule has 1 aromatic heterocycles. The Morgan fingerprint density at radius 1 is 1.15 bits per heavy atom. The number of carbonyl (C=O) groups is 2. The Morgan fingerprint density at radius 3 is 2.50 bits per heavy atom. The van der Waals surface area contributed by atoms with Crippen molar-refractivity contribution >= 4 is 11.9 Å². The van der Waals surface area contributed by atoms with Crippen LogP contribution in [0.15, 0.2) is 40.8 Å². The van der Waals surface area contributed by atoms with Crippen molar-refractivity contribution in [3.8, 4) is 5.75 Å². The minimum Gasteiger partial charge on any atom is -0.486 e. The fraction of sp³-hybridized carbons (Fsp3) is 0.368. The molecular weight excluding hydrogens is 341 g/mol. The summed E-state index contributed by atoms with van der Waals surface area (Å²) in [7, 11) is 0. The number of aliphatic carboxylic acids is 1. The van der Waals surface area contributed by atoms with Crippen LogP contribution >= 0.6 is 0 Å². The zero-order chi connectivity index (χ0) is 18.5. The van der Waals surface area contributed by atoms with Crippen LogP contribution in [0.5, 0.6) is 5.75 Å². The van der Waals surface area contributed by atoms with Gasteiger partial charge in [0, 0.05) is 19.5 Å². The average molecular weight is 361 g/mol. The van der Waals surface area contributed by atoms with E-state index in [-0.39, 0.29) is 36.4 Å². The molecule has 6 nitrogen and oxygen atoms in total. The minimum atomic E-state index is -0.799. The molecule has 7 heteroatoms. The topological polar surface area (TPSA) is 80.0 Å². The molecule has 0 atom stereocenters. The lowest BCUT2D eigenvalue weighted by atomic mass is 9.93. The number of likely N-dealkylation sites (tertiary alicyclic amines) is 1. The Balaban J connectivity index is 1.51. The molecule has 0 saturated carbocycles. The van der Waals surface area contributed by atoms with Gasteiger partial charge in [-0.2, -0.15) is 0 Å². The molecule has 138 valence electrons. The molecular formula is C19H20FNO5. The quantitative estimate of drug-likeness (QED) is 0.854. The average Bonchev–Trinajstić information content (AvgIpc) is 3.10. The van der Waals surface area contributed by atoms with Crippen LogP contribution in [0.1, 0.15) is 35.6 Å². The van der Waals surface area contributed by atoms with Gasteiger partial charge in [0.25, 0.3) is 5.91 Å². The van der Waals surface area contributed by atoms with Gasteiger partial charge in [0.05, 0.1) is 0 Å². The van der Waals surface area contributed by atoms with Gasteiger partial charge in [0.2, 0.25) is 0 Å². The minimum absolute atomic E-state index is 0.118. The lowest BCUT2D eigenvalue weighted by Gasteiger charge is -2.30. The van der Waals surface area contributed by atoms with E-state index in [4.69, 9.17) is 14.3 Å². The van der Waals surface area contributed by atoms with E-state index in [1.165, 1.54) is 24.3 Å². The zero-order valence-corrected chi connectivity index (χ0v) is 14.2. The number of hydrogen-bond acceptors (Lipinski definition) is 4. The van der Waals surface area contributed by atoms with E-state index in [1.807, 2.05) is 0 Å². The van der Waals surface area contributed by atoms with Crippen LogP contribution in [0.3, 0.4) is 0 Å². The second kappa shape index (κ2) is 8.03. The molecule has 1 saturated heterocycles. The third-order valence-corrected chi connectivity index (χ3v) is 4.43. The van der Waals surface area contributed by atoms with Crippen LogP contribution in [0, 0.1) is 11.7 Å². The summed E-state index contributed by atoms with van der Waals surface area (Å²) in [5.41, 5.74) is 0. The highest BCUT2D eigenvalue weighted by Gasteiger charge is 2.26. The Labute approximate surface area is 150 Å². The smallest absolute Gasteiger partial charge is 0.303 e. The Kier molecular flexibility index (Phi) is 5.55. The highest BCUT2D eigenvalue weighted by Crippen LogP contribution is 2.23. The number of furan rings is 1. The number of carboxylic acid groups (broad SMARTS) is 1. The van der Waals surface area contributed by atoms with Crippen molar-refractivity contribution < 1.29 is 28.2 Å². The maximum absolute atomic E-state index is 12.9. The molecule has 0 aliphatic carbocycles. The largest absolute Gasteiger partial charge is 0.486 e. The van der Waals surface area contributed by atoms with Crippen molar-refractivity contribution in [3.63, 3.8) is 0 Å². The molecule has 3 rings (SSSR count). The Morgan fingerprint density at radius 2 is 1.85 bits per heavy atom. The summed E-state index contributed by atoms with van der Waals surface area (Å²) < 4.78 is 23.9. The molecule has 2 aromatic rings. The summed E-state index contributed by atoms with van der Waals surface area (Å²) in [4.78, 5) is 24.9. The molecule has 1 N–H and O–H groups in total. The molecule has 1 aromatic carbocycles. The SMILES string of the molecule is O=C(O)CC1CCN(C(=O)c2ccc(COc3ccc(F)cc3)o2)CC1. The molecule has 0 radical (unpaired) electrons. The summed E-state index contributed by atoms with van der Waals surface area (Å²) in [5, 5.41) is 8.84. The molecule has 0 spiro atoms. The highest BCUT2D eigenvalue weighted by molar-refractivity contribution is 5.91. The van der Waals surface area contributed by atoms with E-state index in [0.29, 0.717) is 37.4 Å². The van der Waals surface area contributed by atoms with Crippen molar-refractivity contribution in [2.45, 2.75) is 25.9 Å². The Bertz CT molecular complexity index is 762. The Hall–Kier alpha value is -2.83. The van der Waals surface area contributed by atoms with Gasteiger partial charge in [-0.25, -0.2) is 4.39 Å². The molecule has 1 amide bonds. The first-order valence-corrected chi connectivity index (χ1v) is 8.49. The number of rotatable bonds is 6. The molecule has 26 heavy (non-hydrogen) atoms. The predicted molar refractivity (Wildman–Crippen MR) is 90.3 cm³/mol. The lowest BCUT2D eigenvalue weighted by molar-refractivity contribution is -0.138. The van der Waals surface area contributed by atoms with E-state index >= 15 is 0 Å². The van der Waals surface area contributed by atoms with Crippen molar-refractivity contribution in [2.24, 2.45) is 5.92 Å². The van der Waals surface area contributed by atoms with Gasteiger partial charge in [-0.15, -0.1) is 0 Å². The number of ether oxygens (including phenoxy) is 1. The molecule has 0 bridgehead atoms. The third-order valence-electron chi connectivity index (χ3n) is 4.43. The number of nitrogens with zero attached hydrogens (tertiary/aromatic N) is 1. The molecule has 1 aliphatic rings. The fourth-order valence-electron chi connectivity index (χ4n) is 3.00. The molecule has 1 fully saturated rings. The number of halogens is 1. The van der Waals surface area contributed by atoms with Crippen molar-refractivity contribution in [3.05, 3.63) is 53.7 Å². The first kappa shape index (κ1) is 18.0. The van der Waals surface area contributed by atoms with E-state index in [2.05, 4.69) is 0 Å². The maximum atomic E-state index is 12.9. The van der Waals surface area contributed by atoms with Crippen LogP contribution in [0.25, 0.3) is 0 Å². The van der Waals surface area contributed by atoms with E-state index in [0.717, 1.165) is 0 Å². The van der Waals surface area contributed by atoms with Gasteiger partial charge in [0.15, 0.2) is 5.76 Å². The molecule has 1 aliphatic heterocycles. The maximum Gasteiger partial charge on any atom is 0.303 e. The summed E-state index contributed by atoms with van der Waals surface area (Å²) >= 11 is 0. The van der Waals surface area contributed by atoms with Gasteiger partial charge in [0.1, 0.15) is 23.9 Å². The number of amides is 1. The van der Waals surface area contributed by atoms with E-state index in [1.54, 1.807) is 17.0 Å². The molecule has 2 heterocycles. The summed E-state index contributed by atoms with van der Waals surface area (Å²) in [6.07, 6.45) is 1.51. The normalized spacial score (nSPS) is 15.0. The van der Waals surface area contributed by atoms with Crippen molar-refractivity contribution in [1.82, 2.24) is 4.90 Å². The van der Waals surface area contributed by atoms with Crippen molar-refractivity contribution in [1.29, 1.82) is 0 Å². The summed E-state index contributed by atoms with van der Waals surface area (Å²) in [6.45, 7) is 1.19. The summed E-state index contributed by atoms with van der Waals surface area (Å²) in [6, 6.07) is 8.93. The van der Waals surface area contributed by atoms with Gasteiger partial charge in [-0.05, 0) is 55.2 Å². The number of carboxylic acids is 1. The van der Waals surface area contributed by atoms with E-state index < -0.39 is 5.97 Å². The van der Waals surface area contributed by atoms with Gasteiger partial charge >= 0.3 is 5.97 Å². The van der Waals surface area contributed by atoms with Crippen LogP contribution in [0.4, 0.5) is 4.39 Å². The first-order chi connectivity index (χ1) is 12.5. The second-order valence-corrected chi connectivity index (χ2v) is 6.34. The molecule has 0 unspecified atom stereocenters. The lowest BCUT2D eigenvalue weighted by Crippen LogP contribution is -2.38. The number of benzene rings is 1. The fourth-order valence-corrected chi connectivity index (χ4v) is 3.00. The van der Waals surface area contributed by atoms with Crippen LogP contribution in [-0.2, 0) is 11.4 Å². The zero-order valence-electron chi connectivity index (χ0n) is 14.2. The standard InChI is InChI=1S/C19H20FNO5/c20-14-1-3-15(4-2-14)25-12-16-5-6-17(26-16)19(24)21-9-7-13(8-10-21)11-18(22)23/h1-6,13H,7-12H2,(H,22,23). The predicted octanol–water partition coefficient (Wildman–Crippen LogP) is 3.32. The van der Waals surface area contributed by atoms with Crippen LogP contribution < -0.4 is 4.74 Å². The van der Waals surface area contributed by atoms with Crippen molar-refractivity contribution in [2.75, 3.05) is 13.1 Å². The van der Waals surface area contributed by atoms with E-state index in [9.17, 15) is 14.0 Å². The van der Waals surface area contributed by atoms with Gasteiger partial charge < -0.3 is 19.2 Å². The van der Waals surface area contributed by atoms with Gasteiger partial charge in [-0.3, -0.25) is 9.59 Å². The van der Waals surface area contributed by atoms with Crippen LogP contribution in [-0.4, -0.2) is 35.0 Å². The number of piperidine rings is 1. The first-order valence-electron chi connectivity index (χ1n) is 8.49. The summed E-state index contributed by atoms with van der Waals surface area (Å²) in [5.74, 6) is 0.0237. The highest BCUT2D eigenvalue weighted by atomic mass is 19.1. The number of carbonyl (C=O) groups excluding carboxylic acids is 1. The second-order valence-electron chi connectivity index (χ2n) is 6.34. The monoisotopic (exact) mass is 361 g/mol. The third kappa shape index (κ3) is 4.62. The van der Waals surface area contributed by atoms with Gasteiger partial charge in [-0.1, -0.05) is 0 Å². The number of hydrogen-bond donors (Lipinski definition) is 1.